The summed E-state index contributed by atoms with van der Waals surface area (Å²) in [6.07, 6.45) is 3.22. The van der Waals surface area contributed by atoms with Gasteiger partial charge in [-0.3, -0.25) is 9.78 Å². The van der Waals surface area contributed by atoms with Crippen LogP contribution in [0.25, 0.3) is 11.1 Å². The van der Waals surface area contributed by atoms with Gasteiger partial charge in [0.25, 0.3) is 16.0 Å². The maximum Gasteiger partial charge on any atom is 0.271 e. The van der Waals surface area contributed by atoms with E-state index in [-0.39, 0.29) is 12.6 Å². The molecule has 0 unspecified atom stereocenters. The highest BCUT2D eigenvalue weighted by molar-refractivity contribution is 7.86. The van der Waals surface area contributed by atoms with Crippen molar-refractivity contribution in [3.8, 4) is 11.1 Å². The lowest BCUT2D eigenvalue weighted by atomic mass is 9.97. The summed E-state index contributed by atoms with van der Waals surface area (Å²) in [6, 6.07) is 17.3. The van der Waals surface area contributed by atoms with Crippen LogP contribution in [0, 0.1) is 11.9 Å². The number of rotatable bonds is 10. The van der Waals surface area contributed by atoms with Crippen LogP contribution in [-0.4, -0.2) is 43.5 Å². The summed E-state index contributed by atoms with van der Waals surface area (Å²) < 4.78 is 41.5. The second kappa shape index (κ2) is 9.88. The van der Waals surface area contributed by atoms with Crippen molar-refractivity contribution in [2.45, 2.75) is 18.4 Å². The van der Waals surface area contributed by atoms with Crippen LogP contribution in [0.4, 0.5) is 10.1 Å². The zero-order valence-corrected chi connectivity index (χ0v) is 18.9. The highest BCUT2D eigenvalue weighted by Gasteiger charge is 2.47. The average Bonchev–Trinajstić information content (AvgIpc) is 3.60. The van der Waals surface area contributed by atoms with Crippen molar-refractivity contribution in [1.82, 2.24) is 10.3 Å². The molecule has 1 heterocycles. The topological polar surface area (TPSA) is 118 Å². The SMILES string of the molecule is O=C(NC1(c2ccccn2)CC1)c1c[c]c(NCOS(=O)(=O)CCO)cc1-c1ccc(F)cc1. The molecule has 34 heavy (non-hydrogen) atoms. The molecule has 0 bridgehead atoms. The van der Waals surface area contributed by atoms with Crippen LogP contribution >= 0.6 is 0 Å². The van der Waals surface area contributed by atoms with E-state index in [4.69, 9.17) is 9.29 Å². The number of nitrogens with zero attached hydrogens (tertiary/aromatic N) is 1. The van der Waals surface area contributed by atoms with E-state index in [1.165, 1.54) is 18.2 Å². The molecule has 1 aromatic heterocycles. The highest BCUT2D eigenvalue weighted by Crippen LogP contribution is 2.45. The number of aliphatic hydroxyl groups is 1. The Morgan fingerprint density at radius 3 is 2.62 bits per heavy atom. The lowest BCUT2D eigenvalue weighted by Crippen LogP contribution is -2.35. The van der Waals surface area contributed by atoms with Gasteiger partial charge in [0.1, 0.15) is 12.5 Å². The lowest BCUT2D eigenvalue weighted by Gasteiger charge is -2.19. The summed E-state index contributed by atoms with van der Waals surface area (Å²) in [5, 5.41) is 14.6. The number of nitrogens with one attached hydrogen (secondary N) is 2. The van der Waals surface area contributed by atoms with Crippen molar-refractivity contribution >= 4 is 21.7 Å². The summed E-state index contributed by atoms with van der Waals surface area (Å²) in [6.45, 7) is -0.928. The van der Waals surface area contributed by atoms with E-state index < -0.39 is 33.8 Å². The standard InChI is InChI=1S/C24H23FN3O5S/c25-18-6-4-17(5-7-18)21-15-19(27-16-33-34(31,32)14-13-29)8-9-20(21)23(30)28-24(10-11-24)22-3-1-2-12-26-22/h1-7,9,12,15,27,29H,10-11,13-14,16H2,(H,28,30). The number of amides is 1. The van der Waals surface area contributed by atoms with Crippen LogP contribution in [0.3, 0.4) is 0 Å². The number of carbonyl (C=O) groups is 1. The Morgan fingerprint density at radius 1 is 1.21 bits per heavy atom. The third kappa shape index (κ3) is 5.58. The fourth-order valence-electron chi connectivity index (χ4n) is 3.52. The minimum atomic E-state index is -3.87. The highest BCUT2D eigenvalue weighted by atomic mass is 32.2. The minimum absolute atomic E-state index is 0.327. The first-order valence-corrected chi connectivity index (χ1v) is 12.2. The maximum absolute atomic E-state index is 13.5. The second-order valence-electron chi connectivity index (χ2n) is 7.86. The smallest absolute Gasteiger partial charge is 0.271 e. The molecule has 0 atom stereocenters. The number of halogens is 1. The van der Waals surface area contributed by atoms with Gasteiger partial charge in [-0.1, -0.05) is 18.2 Å². The van der Waals surface area contributed by atoms with Crippen LogP contribution in [0.15, 0.2) is 60.8 Å². The molecule has 4 rings (SSSR count). The summed E-state index contributed by atoms with van der Waals surface area (Å²) in [5.74, 6) is -1.26. The number of carbonyl (C=O) groups excluding carboxylic acids is 1. The molecule has 8 nitrogen and oxygen atoms in total. The molecular weight excluding hydrogens is 461 g/mol. The van der Waals surface area contributed by atoms with Crippen LogP contribution in [0.1, 0.15) is 28.9 Å². The van der Waals surface area contributed by atoms with Gasteiger partial charge in [0.05, 0.1) is 23.6 Å². The van der Waals surface area contributed by atoms with Gasteiger partial charge >= 0.3 is 0 Å². The van der Waals surface area contributed by atoms with Crippen LogP contribution in [0.5, 0.6) is 0 Å². The number of aromatic nitrogens is 1. The van der Waals surface area contributed by atoms with E-state index in [0.29, 0.717) is 22.4 Å². The molecule has 3 aromatic rings. The third-order valence-corrected chi connectivity index (χ3v) is 6.61. The van der Waals surface area contributed by atoms with Gasteiger partial charge in [-0.05, 0) is 60.4 Å². The van der Waals surface area contributed by atoms with Gasteiger partial charge in [-0.25, -0.2) is 8.57 Å². The number of hydrogen-bond acceptors (Lipinski definition) is 7. The van der Waals surface area contributed by atoms with Crippen LogP contribution in [0.2, 0.25) is 0 Å². The van der Waals surface area contributed by atoms with Gasteiger partial charge in [-0.15, -0.1) is 0 Å². The quantitative estimate of drug-likeness (QED) is 0.299. The molecule has 10 heteroatoms. The van der Waals surface area contributed by atoms with Gasteiger partial charge in [0.2, 0.25) is 0 Å². The van der Waals surface area contributed by atoms with Crippen molar-refractivity contribution in [2.75, 3.05) is 24.4 Å². The van der Waals surface area contributed by atoms with Crippen molar-refractivity contribution in [2.24, 2.45) is 0 Å². The lowest BCUT2D eigenvalue weighted by molar-refractivity contribution is 0.0930. The Kier molecular flexibility index (Phi) is 6.92. The monoisotopic (exact) mass is 484 g/mol. The van der Waals surface area contributed by atoms with Gasteiger partial charge in [0, 0.05) is 23.5 Å². The average molecular weight is 485 g/mol. The molecule has 0 saturated heterocycles. The maximum atomic E-state index is 13.5. The first-order valence-electron chi connectivity index (χ1n) is 10.6. The summed E-state index contributed by atoms with van der Waals surface area (Å²) in [4.78, 5) is 17.7. The van der Waals surface area contributed by atoms with E-state index >= 15 is 0 Å². The first kappa shape index (κ1) is 23.8. The minimum Gasteiger partial charge on any atom is -0.395 e. The molecule has 1 radical (unpaired) electrons. The van der Waals surface area contributed by atoms with Crippen LogP contribution < -0.4 is 10.6 Å². The molecular formula is C24H23FN3O5S. The summed E-state index contributed by atoms with van der Waals surface area (Å²) in [7, 11) is -3.87. The third-order valence-electron chi connectivity index (χ3n) is 5.45. The Labute approximate surface area is 196 Å². The van der Waals surface area contributed by atoms with E-state index in [1.54, 1.807) is 24.4 Å². The fourth-order valence-corrected chi connectivity index (χ4v) is 4.10. The predicted octanol–water partition coefficient (Wildman–Crippen LogP) is 2.82. The van der Waals surface area contributed by atoms with E-state index in [9.17, 15) is 17.6 Å². The Bertz CT molecular complexity index is 1260. The van der Waals surface area contributed by atoms with Gasteiger partial charge in [0.15, 0.2) is 0 Å². The molecule has 177 valence electrons. The molecule has 0 aliphatic heterocycles. The van der Waals surface area contributed by atoms with Gasteiger partial charge < -0.3 is 15.7 Å². The van der Waals surface area contributed by atoms with E-state index in [2.05, 4.69) is 21.7 Å². The molecule has 1 saturated carbocycles. The Morgan fingerprint density at radius 2 is 1.97 bits per heavy atom. The number of pyridine rings is 1. The van der Waals surface area contributed by atoms with Gasteiger partial charge in [-0.2, -0.15) is 8.42 Å². The Balaban J connectivity index is 1.59. The molecule has 3 N–H and O–H groups in total. The molecule has 2 aromatic carbocycles. The molecule has 1 aliphatic rings. The summed E-state index contributed by atoms with van der Waals surface area (Å²) >= 11 is 0. The fraction of sp³-hybridized carbons (Fsp3) is 0.250. The largest absolute Gasteiger partial charge is 0.395 e. The van der Waals surface area contributed by atoms with E-state index in [1.807, 2.05) is 18.2 Å². The summed E-state index contributed by atoms with van der Waals surface area (Å²) in [5.41, 5.74) is 2.07. The zero-order chi connectivity index (χ0) is 24.2. The number of anilines is 1. The predicted molar refractivity (Wildman–Crippen MR) is 124 cm³/mol. The first-order chi connectivity index (χ1) is 16.3. The molecule has 1 fully saturated rings. The normalized spacial score (nSPS) is 14.4. The zero-order valence-electron chi connectivity index (χ0n) is 18.1. The molecule has 1 aliphatic carbocycles. The van der Waals surface area contributed by atoms with E-state index in [0.717, 1.165) is 18.5 Å². The number of benzene rings is 2. The van der Waals surface area contributed by atoms with Crippen molar-refractivity contribution in [3.63, 3.8) is 0 Å². The Hall–Kier alpha value is -3.34. The van der Waals surface area contributed by atoms with Crippen molar-refractivity contribution in [1.29, 1.82) is 0 Å². The van der Waals surface area contributed by atoms with Crippen LogP contribution in [-0.2, 0) is 19.8 Å². The second-order valence-corrected chi connectivity index (χ2v) is 9.62. The number of hydrogen-bond donors (Lipinski definition) is 3. The number of aliphatic hydroxyl groups excluding tert-OH is 1. The van der Waals surface area contributed by atoms with Crippen molar-refractivity contribution < 1.29 is 26.9 Å². The molecule has 1 amide bonds. The van der Waals surface area contributed by atoms with Crippen molar-refractivity contribution in [3.05, 3.63) is 83.9 Å². The molecule has 0 spiro atoms.